The average Bonchev–Trinajstić information content (AvgIpc) is 3.24. The van der Waals surface area contributed by atoms with Gasteiger partial charge in [-0.05, 0) is 24.3 Å². The number of hydrogen-bond acceptors (Lipinski definition) is 5. The van der Waals surface area contributed by atoms with Gasteiger partial charge < -0.3 is 10.1 Å². The maximum Gasteiger partial charge on any atom is 0.414 e. The van der Waals surface area contributed by atoms with E-state index in [2.05, 4.69) is 20.7 Å². The second kappa shape index (κ2) is 7.74. The molecule has 1 aliphatic rings. The van der Waals surface area contributed by atoms with Crippen LogP contribution in [0.5, 0.6) is 0 Å². The lowest BCUT2D eigenvalue weighted by Gasteiger charge is -2.15. The van der Waals surface area contributed by atoms with E-state index in [1.807, 2.05) is 0 Å². The van der Waals surface area contributed by atoms with Gasteiger partial charge in [0.2, 0.25) is 5.96 Å². The Morgan fingerprint density at radius 3 is 2.96 bits per heavy atom. The molecule has 3 rings (SSSR count). The number of anilines is 1. The number of carbonyl (C=O) groups excluding carboxylic acids is 1. The van der Waals surface area contributed by atoms with Crippen LogP contribution in [0.25, 0.3) is 11.3 Å². The molecule has 0 aliphatic carbocycles. The number of aromatic nitrogens is 2. The predicted octanol–water partition coefficient (Wildman–Crippen LogP) is 1.20. The van der Waals surface area contributed by atoms with Crippen LogP contribution in [-0.2, 0) is 11.8 Å². The van der Waals surface area contributed by atoms with Crippen molar-refractivity contribution in [2.75, 3.05) is 25.0 Å². The number of guanidine groups is 1. The van der Waals surface area contributed by atoms with Gasteiger partial charge in [-0.25, -0.2) is 9.18 Å². The quantitative estimate of drug-likeness (QED) is 0.362. The van der Waals surface area contributed by atoms with Crippen molar-refractivity contribution < 1.29 is 13.9 Å². The topological polar surface area (TPSA) is 108 Å². The molecule has 1 unspecified atom stereocenters. The van der Waals surface area contributed by atoms with Crippen molar-refractivity contribution in [1.29, 1.82) is 5.26 Å². The smallest absolute Gasteiger partial charge is 0.414 e. The SMILES string of the molecule is CN=C(NC#N)NCC1CN(c2ccc(-c3ccnn3C)c(F)c2)C(=O)O1. The number of benzene rings is 1. The molecule has 1 aliphatic heterocycles. The van der Waals surface area contributed by atoms with Crippen molar-refractivity contribution in [3.63, 3.8) is 0 Å². The summed E-state index contributed by atoms with van der Waals surface area (Å²) in [5.41, 5.74) is 1.45. The standard InChI is InChI=1S/C17H18FN7O2/c1-20-16(22-10-19)21-8-12-9-25(17(26)27-12)11-3-4-13(14(18)7-11)15-5-6-23-24(15)2/h3-7,12H,8-9H2,1-2H3,(H2,20,21,22). The molecule has 1 saturated heterocycles. The highest BCUT2D eigenvalue weighted by Crippen LogP contribution is 2.28. The van der Waals surface area contributed by atoms with E-state index in [0.717, 1.165) is 0 Å². The monoisotopic (exact) mass is 371 g/mol. The fraction of sp³-hybridized carbons (Fsp3) is 0.294. The molecular formula is C17H18FN7O2. The molecule has 10 heteroatoms. The van der Waals surface area contributed by atoms with E-state index in [1.54, 1.807) is 42.3 Å². The van der Waals surface area contributed by atoms with E-state index < -0.39 is 18.0 Å². The average molecular weight is 371 g/mol. The summed E-state index contributed by atoms with van der Waals surface area (Å²) in [6.45, 7) is 0.513. The first-order chi connectivity index (χ1) is 13.0. The number of nitrogens with one attached hydrogen (secondary N) is 2. The minimum atomic E-state index is -0.558. The maximum atomic E-state index is 14.6. The highest BCUT2D eigenvalue weighted by atomic mass is 19.1. The molecule has 1 aromatic carbocycles. The Morgan fingerprint density at radius 2 is 2.33 bits per heavy atom. The molecule has 1 atom stereocenters. The molecule has 1 amide bonds. The van der Waals surface area contributed by atoms with Gasteiger partial charge in [-0.1, -0.05) is 0 Å². The summed E-state index contributed by atoms with van der Waals surface area (Å²) in [4.78, 5) is 17.4. The molecule has 2 aromatic rings. The Labute approximate surface area is 155 Å². The molecule has 2 N–H and O–H groups in total. The number of cyclic esters (lactones) is 1. The van der Waals surface area contributed by atoms with Gasteiger partial charge in [-0.3, -0.25) is 19.9 Å². The lowest BCUT2D eigenvalue weighted by atomic mass is 10.1. The molecule has 140 valence electrons. The Balaban J connectivity index is 1.70. The van der Waals surface area contributed by atoms with Crippen LogP contribution in [0.2, 0.25) is 0 Å². The Morgan fingerprint density at radius 1 is 1.52 bits per heavy atom. The largest absolute Gasteiger partial charge is 0.442 e. The Hall–Kier alpha value is -3.61. The highest BCUT2D eigenvalue weighted by molar-refractivity contribution is 5.90. The fourth-order valence-electron chi connectivity index (χ4n) is 2.80. The summed E-state index contributed by atoms with van der Waals surface area (Å²) in [5.74, 6) is -0.178. The highest BCUT2D eigenvalue weighted by Gasteiger charge is 2.32. The van der Waals surface area contributed by atoms with Crippen molar-refractivity contribution >= 4 is 17.7 Å². The molecule has 27 heavy (non-hydrogen) atoms. The van der Waals surface area contributed by atoms with Crippen molar-refractivity contribution in [2.45, 2.75) is 6.10 Å². The van der Waals surface area contributed by atoms with Crippen LogP contribution in [0, 0.1) is 17.3 Å². The van der Waals surface area contributed by atoms with Crippen LogP contribution >= 0.6 is 0 Å². The molecule has 1 aromatic heterocycles. The summed E-state index contributed by atoms with van der Waals surface area (Å²) in [6, 6.07) is 6.29. The number of ether oxygens (including phenoxy) is 1. The van der Waals surface area contributed by atoms with Crippen LogP contribution in [0.15, 0.2) is 35.5 Å². The molecule has 1 fully saturated rings. The van der Waals surface area contributed by atoms with Crippen molar-refractivity contribution in [1.82, 2.24) is 20.4 Å². The molecule has 0 bridgehead atoms. The zero-order chi connectivity index (χ0) is 19.4. The Bertz CT molecular complexity index is 918. The van der Waals surface area contributed by atoms with E-state index in [0.29, 0.717) is 16.9 Å². The minimum Gasteiger partial charge on any atom is -0.442 e. The van der Waals surface area contributed by atoms with Gasteiger partial charge in [0.25, 0.3) is 0 Å². The van der Waals surface area contributed by atoms with E-state index in [-0.39, 0.29) is 19.0 Å². The van der Waals surface area contributed by atoms with Crippen LogP contribution in [-0.4, -0.2) is 48.1 Å². The Kier molecular flexibility index (Phi) is 5.21. The zero-order valence-electron chi connectivity index (χ0n) is 14.8. The van der Waals surface area contributed by atoms with Crippen LogP contribution in [0.3, 0.4) is 0 Å². The summed E-state index contributed by atoms with van der Waals surface area (Å²) in [6.07, 6.45) is 2.32. The second-order valence-corrected chi connectivity index (χ2v) is 5.81. The molecule has 0 radical (unpaired) electrons. The van der Waals surface area contributed by atoms with E-state index >= 15 is 0 Å². The molecular weight excluding hydrogens is 353 g/mol. The summed E-state index contributed by atoms with van der Waals surface area (Å²) in [5, 5.41) is 17.9. The number of hydrogen-bond donors (Lipinski definition) is 2. The van der Waals surface area contributed by atoms with E-state index in [9.17, 15) is 9.18 Å². The first-order valence-electron chi connectivity index (χ1n) is 8.15. The zero-order valence-corrected chi connectivity index (χ0v) is 14.8. The van der Waals surface area contributed by atoms with E-state index in [4.69, 9.17) is 10.00 Å². The molecule has 2 heterocycles. The second-order valence-electron chi connectivity index (χ2n) is 5.81. The number of halogens is 1. The summed E-state index contributed by atoms with van der Waals surface area (Å²) < 4.78 is 21.4. The van der Waals surface area contributed by atoms with Gasteiger partial charge in [-0.15, -0.1) is 0 Å². The van der Waals surface area contributed by atoms with Crippen molar-refractivity contribution in [3.05, 3.63) is 36.3 Å². The predicted molar refractivity (Wildman–Crippen MR) is 96.3 cm³/mol. The van der Waals surface area contributed by atoms with Crippen LogP contribution in [0.4, 0.5) is 14.9 Å². The molecule has 9 nitrogen and oxygen atoms in total. The summed E-state index contributed by atoms with van der Waals surface area (Å²) in [7, 11) is 3.25. The number of aryl methyl sites for hydroxylation is 1. The first kappa shape index (κ1) is 18.2. The number of nitrogens with zero attached hydrogens (tertiary/aromatic N) is 5. The van der Waals surface area contributed by atoms with Crippen molar-refractivity contribution in [3.8, 4) is 17.5 Å². The number of rotatable bonds is 4. The van der Waals surface area contributed by atoms with Gasteiger partial charge in [0.05, 0.1) is 24.5 Å². The number of amides is 1. The minimum absolute atomic E-state index is 0.250. The number of nitriles is 1. The molecule has 0 spiro atoms. The molecule has 0 saturated carbocycles. The van der Waals surface area contributed by atoms with Crippen LogP contribution < -0.4 is 15.5 Å². The van der Waals surface area contributed by atoms with Gasteiger partial charge in [0, 0.05) is 25.9 Å². The van der Waals surface area contributed by atoms with E-state index in [1.165, 1.54) is 18.0 Å². The third-order valence-electron chi connectivity index (χ3n) is 4.13. The third-order valence-corrected chi connectivity index (χ3v) is 4.13. The normalized spacial score (nSPS) is 16.8. The van der Waals surface area contributed by atoms with Gasteiger partial charge in [-0.2, -0.15) is 10.4 Å². The van der Waals surface area contributed by atoms with Gasteiger partial charge in [0.15, 0.2) is 6.19 Å². The van der Waals surface area contributed by atoms with Crippen LogP contribution in [0.1, 0.15) is 0 Å². The van der Waals surface area contributed by atoms with Gasteiger partial charge in [0.1, 0.15) is 11.9 Å². The number of carbonyl (C=O) groups is 1. The summed E-state index contributed by atoms with van der Waals surface area (Å²) >= 11 is 0. The lowest BCUT2D eigenvalue weighted by molar-refractivity contribution is 0.142. The van der Waals surface area contributed by atoms with Gasteiger partial charge >= 0.3 is 6.09 Å². The fourth-order valence-corrected chi connectivity index (χ4v) is 2.80. The third kappa shape index (κ3) is 3.82. The number of aliphatic imine (C=N–C) groups is 1. The van der Waals surface area contributed by atoms with Crippen molar-refractivity contribution in [2.24, 2.45) is 12.0 Å². The first-order valence-corrected chi connectivity index (χ1v) is 8.15. The lowest BCUT2D eigenvalue weighted by Crippen LogP contribution is -2.40. The maximum absolute atomic E-state index is 14.6.